The average Bonchev–Trinajstić information content (AvgIpc) is 2.89. The van der Waals surface area contributed by atoms with Crippen LogP contribution in [0, 0.1) is 0 Å². The topological polar surface area (TPSA) is 46.4 Å². The van der Waals surface area contributed by atoms with E-state index < -0.39 is 0 Å². The van der Waals surface area contributed by atoms with Gasteiger partial charge in [-0.15, -0.1) is 0 Å². The standard InChI is InChI=1S/C18H23N3OS/c1-13(22)19-16-10-8-14(9-11-16)17-12-21(2)18(23-17)20-15-6-4-3-5-7-15/h8-12,15H,3-7H2,1-2H3,(H,19,22). The van der Waals surface area contributed by atoms with Crippen LogP contribution in [0.1, 0.15) is 39.0 Å². The Morgan fingerprint density at radius 3 is 2.57 bits per heavy atom. The molecular formula is C18H23N3OS. The van der Waals surface area contributed by atoms with Crippen LogP contribution in [0.2, 0.25) is 0 Å². The highest BCUT2D eigenvalue weighted by Gasteiger charge is 2.12. The number of aryl methyl sites for hydroxylation is 1. The Labute approximate surface area is 140 Å². The van der Waals surface area contributed by atoms with Gasteiger partial charge in [-0.25, -0.2) is 0 Å². The minimum atomic E-state index is -0.0474. The largest absolute Gasteiger partial charge is 0.326 e. The summed E-state index contributed by atoms with van der Waals surface area (Å²) < 4.78 is 2.12. The fraction of sp³-hybridized carbons (Fsp3) is 0.444. The second-order valence-corrected chi connectivity index (χ2v) is 7.18. The van der Waals surface area contributed by atoms with Gasteiger partial charge in [0, 0.05) is 25.9 Å². The Balaban J connectivity index is 1.82. The van der Waals surface area contributed by atoms with Gasteiger partial charge in [0.25, 0.3) is 0 Å². The number of nitrogens with zero attached hydrogens (tertiary/aromatic N) is 2. The van der Waals surface area contributed by atoms with Crippen LogP contribution in [0.15, 0.2) is 35.5 Å². The Morgan fingerprint density at radius 2 is 1.91 bits per heavy atom. The molecule has 1 aliphatic rings. The minimum Gasteiger partial charge on any atom is -0.326 e. The normalized spacial score (nSPS) is 16.5. The molecule has 0 aliphatic heterocycles. The summed E-state index contributed by atoms with van der Waals surface area (Å²) in [5.74, 6) is -0.0474. The fourth-order valence-electron chi connectivity index (χ4n) is 2.97. The van der Waals surface area contributed by atoms with Crippen molar-refractivity contribution in [2.45, 2.75) is 45.1 Å². The molecule has 1 aromatic heterocycles. The summed E-state index contributed by atoms with van der Waals surface area (Å²) >= 11 is 1.73. The molecule has 0 atom stereocenters. The number of carbonyl (C=O) groups is 1. The zero-order valence-corrected chi connectivity index (χ0v) is 14.5. The third kappa shape index (κ3) is 4.10. The SMILES string of the molecule is CC(=O)Nc1ccc(-c2cn(C)c(=NC3CCCCC3)s2)cc1. The van der Waals surface area contributed by atoms with Crippen LogP contribution in [0.5, 0.6) is 0 Å². The molecule has 1 heterocycles. The molecule has 0 radical (unpaired) electrons. The maximum Gasteiger partial charge on any atom is 0.221 e. The monoisotopic (exact) mass is 329 g/mol. The Kier molecular flexibility index (Phi) is 4.96. The highest BCUT2D eigenvalue weighted by Crippen LogP contribution is 2.24. The van der Waals surface area contributed by atoms with Crippen molar-refractivity contribution in [3.8, 4) is 10.4 Å². The van der Waals surface area contributed by atoms with Crippen molar-refractivity contribution in [3.63, 3.8) is 0 Å². The van der Waals surface area contributed by atoms with E-state index in [1.54, 1.807) is 11.3 Å². The van der Waals surface area contributed by atoms with E-state index in [4.69, 9.17) is 4.99 Å². The summed E-state index contributed by atoms with van der Waals surface area (Å²) in [6.07, 6.45) is 8.55. The summed E-state index contributed by atoms with van der Waals surface area (Å²) in [7, 11) is 2.06. The molecule has 1 saturated carbocycles. The molecule has 1 fully saturated rings. The number of rotatable bonds is 3. The molecule has 1 amide bonds. The maximum absolute atomic E-state index is 11.1. The fourth-order valence-corrected chi connectivity index (χ4v) is 4.03. The summed E-state index contributed by atoms with van der Waals surface area (Å²) in [5, 5.41) is 2.79. The van der Waals surface area contributed by atoms with Crippen molar-refractivity contribution >= 4 is 22.9 Å². The number of thiazole rings is 1. The number of aromatic nitrogens is 1. The van der Waals surface area contributed by atoms with Gasteiger partial charge in [0.15, 0.2) is 4.80 Å². The first kappa shape index (κ1) is 16.0. The van der Waals surface area contributed by atoms with E-state index in [0.29, 0.717) is 6.04 Å². The Morgan fingerprint density at radius 1 is 1.22 bits per heavy atom. The smallest absolute Gasteiger partial charge is 0.221 e. The molecule has 0 bridgehead atoms. The zero-order valence-electron chi connectivity index (χ0n) is 13.7. The van der Waals surface area contributed by atoms with E-state index in [1.165, 1.54) is 43.9 Å². The molecule has 4 nitrogen and oxygen atoms in total. The van der Waals surface area contributed by atoms with Gasteiger partial charge >= 0.3 is 0 Å². The number of amides is 1. The molecule has 1 aromatic carbocycles. The van der Waals surface area contributed by atoms with Crippen molar-refractivity contribution in [1.82, 2.24) is 4.57 Å². The van der Waals surface area contributed by atoms with Gasteiger partial charge in [-0.05, 0) is 30.5 Å². The maximum atomic E-state index is 11.1. The lowest BCUT2D eigenvalue weighted by Gasteiger charge is -2.16. The van der Waals surface area contributed by atoms with Gasteiger partial charge < -0.3 is 9.88 Å². The van der Waals surface area contributed by atoms with E-state index in [0.717, 1.165) is 16.1 Å². The number of hydrogen-bond acceptors (Lipinski definition) is 3. The number of carbonyl (C=O) groups excluding carboxylic acids is 1. The molecule has 2 aromatic rings. The van der Waals surface area contributed by atoms with Gasteiger partial charge in [0.2, 0.25) is 5.91 Å². The predicted octanol–water partition coefficient (Wildman–Crippen LogP) is 3.95. The average molecular weight is 329 g/mol. The molecule has 0 unspecified atom stereocenters. The molecule has 5 heteroatoms. The summed E-state index contributed by atoms with van der Waals surface area (Å²) in [4.78, 5) is 18.3. The second kappa shape index (κ2) is 7.13. The van der Waals surface area contributed by atoms with Crippen LogP contribution in [0.3, 0.4) is 0 Å². The van der Waals surface area contributed by atoms with Crippen molar-refractivity contribution in [2.24, 2.45) is 12.0 Å². The lowest BCUT2D eigenvalue weighted by Crippen LogP contribution is -2.17. The van der Waals surface area contributed by atoms with Crippen molar-refractivity contribution in [1.29, 1.82) is 0 Å². The lowest BCUT2D eigenvalue weighted by atomic mass is 9.96. The molecule has 1 aliphatic carbocycles. The Hall–Kier alpha value is -1.88. The first-order valence-electron chi connectivity index (χ1n) is 8.20. The Bertz CT molecular complexity index is 736. The molecular weight excluding hydrogens is 306 g/mol. The van der Waals surface area contributed by atoms with E-state index in [-0.39, 0.29) is 5.91 Å². The summed E-state index contributed by atoms with van der Waals surface area (Å²) in [6, 6.07) is 8.45. The van der Waals surface area contributed by atoms with Crippen LogP contribution in [-0.4, -0.2) is 16.5 Å². The van der Waals surface area contributed by atoms with Gasteiger partial charge in [-0.2, -0.15) is 0 Å². The number of anilines is 1. The third-order valence-corrected chi connectivity index (χ3v) is 5.31. The van der Waals surface area contributed by atoms with E-state index in [9.17, 15) is 4.79 Å². The highest BCUT2D eigenvalue weighted by atomic mass is 32.1. The molecule has 122 valence electrons. The number of nitrogens with one attached hydrogen (secondary N) is 1. The molecule has 3 rings (SSSR count). The second-order valence-electron chi connectivity index (χ2n) is 6.17. The van der Waals surface area contributed by atoms with Crippen molar-refractivity contribution in [3.05, 3.63) is 35.3 Å². The molecule has 0 spiro atoms. The molecule has 0 saturated heterocycles. The molecule has 1 N–H and O–H groups in total. The van der Waals surface area contributed by atoms with Crippen LogP contribution >= 0.6 is 11.3 Å². The van der Waals surface area contributed by atoms with Gasteiger partial charge in [-0.1, -0.05) is 42.7 Å². The quantitative estimate of drug-likeness (QED) is 0.911. The summed E-state index contributed by atoms with van der Waals surface area (Å²) in [5.41, 5.74) is 1.99. The van der Waals surface area contributed by atoms with E-state index in [1.807, 2.05) is 24.3 Å². The third-order valence-electron chi connectivity index (χ3n) is 4.17. The van der Waals surface area contributed by atoms with Crippen molar-refractivity contribution in [2.75, 3.05) is 5.32 Å². The lowest BCUT2D eigenvalue weighted by molar-refractivity contribution is -0.114. The van der Waals surface area contributed by atoms with Crippen LogP contribution in [-0.2, 0) is 11.8 Å². The molecule has 23 heavy (non-hydrogen) atoms. The van der Waals surface area contributed by atoms with Crippen molar-refractivity contribution < 1.29 is 4.79 Å². The minimum absolute atomic E-state index is 0.0474. The van der Waals surface area contributed by atoms with Gasteiger partial charge in [0.05, 0.1) is 10.9 Å². The van der Waals surface area contributed by atoms with Crippen LogP contribution in [0.25, 0.3) is 10.4 Å². The first-order chi connectivity index (χ1) is 11.1. The van der Waals surface area contributed by atoms with Gasteiger partial charge in [0.1, 0.15) is 0 Å². The number of benzene rings is 1. The number of hydrogen-bond donors (Lipinski definition) is 1. The summed E-state index contributed by atoms with van der Waals surface area (Å²) in [6.45, 7) is 1.52. The van der Waals surface area contributed by atoms with E-state index in [2.05, 4.69) is 23.1 Å². The highest BCUT2D eigenvalue weighted by molar-refractivity contribution is 7.12. The zero-order chi connectivity index (χ0) is 16.2. The van der Waals surface area contributed by atoms with Crippen LogP contribution in [0.4, 0.5) is 5.69 Å². The van der Waals surface area contributed by atoms with Gasteiger partial charge in [-0.3, -0.25) is 9.79 Å². The van der Waals surface area contributed by atoms with Crippen LogP contribution < -0.4 is 10.1 Å². The first-order valence-corrected chi connectivity index (χ1v) is 9.02. The van der Waals surface area contributed by atoms with E-state index >= 15 is 0 Å². The predicted molar refractivity (Wildman–Crippen MR) is 95.5 cm³/mol.